The van der Waals surface area contributed by atoms with Crippen LogP contribution in [0.3, 0.4) is 0 Å². The molecule has 22 heavy (non-hydrogen) atoms. The highest BCUT2D eigenvalue weighted by Gasteiger charge is 2.11. The number of aromatic nitrogens is 2. The van der Waals surface area contributed by atoms with Crippen molar-refractivity contribution in [3.8, 4) is 5.75 Å². The van der Waals surface area contributed by atoms with Gasteiger partial charge < -0.3 is 10.5 Å². The van der Waals surface area contributed by atoms with Crippen LogP contribution in [0, 0.1) is 0 Å². The minimum absolute atomic E-state index is 0.455. The zero-order chi connectivity index (χ0) is 15.4. The van der Waals surface area contributed by atoms with Crippen molar-refractivity contribution in [3.63, 3.8) is 0 Å². The Balaban J connectivity index is 2.15. The van der Waals surface area contributed by atoms with Gasteiger partial charge in [-0.3, -0.25) is 0 Å². The third kappa shape index (κ3) is 2.99. The Bertz CT molecular complexity index is 796. The molecule has 1 heterocycles. The largest absolute Gasteiger partial charge is 0.496 e. The molecule has 0 spiro atoms. The van der Waals surface area contributed by atoms with Gasteiger partial charge in [-0.2, -0.15) is 0 Å². The molecule has 4 nitrogen and oxygen atoms in total. The van der Waals surface area contributed by atoms with Crippen molar-refractivity contribution in [2.75, 3.05) is 12.8 Å². The summed E-state index contributed by atoms with van der Waals surface area (Å²) in [6, 6.07) is 17.9. The molecule has 3 aromatic rings. The second kappa shape index (κ2) is 6.41. The van der Waals surface area contributed by atoms with Crippen LogP contribution in [0.5, 0.6) is 5.75 Å². The van der Waals surface area contributed by atoms with Crippen LogP contribution in [0.1, 0.15) is 16.1 Å². The Morgan fingerprint density at radius 3 is 2.45 bits per heavy atom. The normalized spacial score (nSPS) is 11.4. The lowest BCUT2D eigenvalue weighted by Gasteiger charge is -2.08. The maximum Gasteiger partial charge on any atom is 0.203 e. The minimum atomic E-state index is 0.455. The standard InChI is InChI=1S/C17H15N3OS/c1-21-15-10-6-5-9-13(15)11-14(12-7-3-2-4-8-12)16-19-20-17(18)22-16/h2-11H,1H3,(H2,18,20)/b14-11+. The highest BCUT2D eigenvalue weighted by molar-refractivity contribution is 7.16. The van der Waals surface area contributed by atoms with E-state index in [1.807, 2.05) is 60.7 Å². The molecule has 2 aromatic carbocycles. The van der Waals surface area contributed by atoms with E-state index in [0.29, 0.717) is 5.13 Å². The lowest BCUT2D eigenvalue weighted by Crippen LogP contribution is -1.90. The Morgan fingerprint density at radius 2 is 1.77 bits per heavy atom. The average Bonchev–Trinajstić information content (AvgIpc) is 3.00. The number of nitrogens with zero attached hydrogens (tertiary/aromatic N) is 2. The molecule has 0 saturated heterocycles. The maximum atomic E-state index is 5.74. The molecular weight excluding hydrogens is 294 g/mol. The molecule has 5 heteroatoms. The molecule has 0 atom stereocenters. The van der Waals surface area contributed by atoms with Crippen LogP contribution in [0.15, 0.2) is 54.6 Å². The molecule has 0 aliphatic rings. The summed E-state index contributed by atoms with van der Waals surface area (Å²) in [5.41, 5.74) is 8.75. The van der Waals surface area contributed by atoms with Crippen LogP contribution in [0.4, 0.5) is 5.13 Å². The predicted octanol–water partition coefficient (Wildman–Crippen LogP) is 3.72. The van der Waals surface area contributed by atoms with Gasteiger partial charge in [0.25, 0.3) is 0 Å². The first-order chi connectivity index (χ1) is 10.8. The summed E-state index contributed by atoms with van der Waals surface area (Å²) in [6.07, 6.45) is 2.05. The average molecular weight is 309 g/mol. The summed E-state index contributed by atoms with van der Waals surface area (Å²) in [6.45, 7) is 0. The van der Waals surface area contributed by atoms with Gasteiger partial charge in [0.1, 0.15) is 10.8 Å². The zero-order valence-electron chi connectivity index (χ0n) is 12.1. The molecule has 0 fully saturated rings. The quantitative estimate of drug-likeness (QED) is 0.746. The van der Waals surface area contributed by atoms with Crippen LogP contribution in [-0.2, 0) is 0 Å². The van der Waals surface area contributed by atoms with Gasteiger partial charge in [-0.25, -0.2) is 0 Å². The second-order valence-electron chi connectivity index (χ2n) is 4.61. The summed E-state index contributed by atoms with van der Waals surface area (Å²) in [5.74, 6) is 0.813. The minimum Gasteiger partial charge on any atom is -0.496 e. The van der Waals surface area contributed by atoms with Gasteiger partial charge in [0.05, 0.1) is 7.11 Å². The molecule has 3 rings (SSSR count). The fourth-order valence-electron chi connectivity index (χ4n) is 2.17. The summed E-state index contributed by atoms with van der Waals surface area (Å²) in [7, 11) is 1.66. The van der Waals surface area contributed by atoms with Crippen molar-refractivity contribution in [2.45, 2.75) is 0 Å². The molecule has 0 bridgehead atoms. The van der Waals surface area contributed by atoms with Gasteiger partial charge in [0.2, 0.25) is 5.13 Å². The number of hydrogen-bond donors (Lipinski definition) is 1. The fourth-order valence-corrected chi connectivity index (χ4v) is 2.82. The first-order valence-corrected chi connectivity index (χ1v) is 7.59. The maximum absolute atomic E-state index is 5.74. The van der Waals surface area contributed by atoms with Crippen LogP contribution < -0.4 is 10.5 Å². The van der Waals surface area contributed by atoms with Crippen molar-refractivity contribution in [1.82, 2.24) is 10.2 Å². The van der Waals surface area contributed by atoms with E-state index in [-0.39, 0.29) is 0 Å². The molecular formula is C17H15N3OS. The number of nitrogen functional groups attached to an aromatic ring is 1. The molecule has 1 aromatic heterocycles. The first-order valence-electron chi connectivity index (χ1n) is 6.77. The summed E-state index contributed by atoms with van der Waals surface area (Å²) < 4.78 is 5.42. The van der Waals surface area contributed by atoms with Gasteiger partial charge >= 0.3 is 0 Å². The van der Waals surface area contributed by atoms with Crippen LogP contribution in [0.25, 0.3) is 11.6 Å². The summed E-state index contributed by atoms with van der Waals surface area (Å²) in [5, 5.41) is 9.34. The third-order valence-corrected chi connectivity index (χ3v) is 3.98. The number of para-hydroxylation sites is 1. The van der Waals surface area contributed by atoms with Crippen molar-refractivity contribution in [1.29, 1.82) is 0 Å². The molecule has 2 N–H and O–H groups in total. The third-order valence-electron chi connectivity index (χ3n) is 3.19. The van der Waals surface area contributed by atoms with E-state index in [4.69, 9.17) is 10.5 Å². The molecule has 0 aliphatic heterocycles. The predicted molar refractivity (Wildman–Crippen MR) is 90.7 cm³/mol. The molecule has 0 radical (unpaired) electrons. The number of nitrogens with two attached hydrogens (primary N) is 1. The lowest BCUT2D eigenvalue weighted by atomic mass is 10.0. The van der Waals surface area contributed by atoms with E-state index in [9.17, 15) is 0 Å². The van der Waals surface area contributed by atoms with Crippen molar-refractivity contribution < 1.29 is 4.74 Å². The second-order valence-corrected chi connectivity index (χ2v) is 5.62. The van der Waals surface area contributed by atoms with Crippen LogP contribution in [0.2, 0.25) is 0 Å². The Morgan fingerprint density at radius 1 is 1.05 bits per heavy atom. The van der Waals surface area contributed by atoms with Crippen LogP contribution >= 0.6 is 11.3 Å². The monoisotopic (exact) mass is 309 g/mol. The number of ether oxygens (including phenoxy) is 1. The van der Waals surface area contributed by atoms with Gasteiger partial charge in [0, 0.05) is 11.1 Å². The smallest absolute Gasteiger partial charge is 0.203 e. The van der Waals surface area contributed by atoms with E-state index >= 15 is 0 Å². The van der Waals surface area contributed by atoms with E-state index < -0.39 is 0 Å². The molecule has 0 unspecified atom stereocenters. The number of methoxy groups -OCH3 is 1. The van der Waals surface area contributed by atoms with Gasteiger partial charge in [-0.15, -0.1) is 10.2 Å². The number of rotatable bonds is 4. The molecule has 0 saturated carbocycles. The van der Waals surface area contributed by atoms with E-state index in [1.165, 1.54) is 11.3 Å². The van der Waals surface area contributed by atoms with Crippen molar-refractivity contribution in [2.24, 2.45) is 0 Å². The fraction of sp³-hybridized carbons (Fsp3) is 0.0588. The van der Waals surface area contributed by atoms with Crippen molar-refractivity contribution in [3.05, 3.63) is 70.7 Å². The Hall–Kier alpha value is -2.66. The van der Waals surface area contributed by atoms with Gasteiger partial charge in [0.15, 0.2) is 0 Å². The highest BCUT2D eigenvalue weighted by atomic mass is 32.1. The van der Waals surface area contributed by atoms with E-state index in [0.717, 1.165) is 27.5 Å². The topological polar surface area (TPSA) is 61.0 Å². The van der Waals surface area contributed by atoms with E-state index in [2.05, 4.69) is 10.2 Å². The molecule has 0 amide bonds. The van der Waals surface area contributed by atoms with E-state index in [1.54, 1.807) is 7.11 Å². The van der Waals surface area contributed by atoms with Crippen molar-refractivity contribution >= 4 is 28.1 Å². The highest BCUT2D eigenvalue weighted by Crippen LogP contribution is 2.31. The molecule has 110 valence electrons. The lowest BCUT2D eigenvalue weighted by molar-refractivity contribution is 0.414. The van der Waals surface area contributed by atoms with Crippen LogP contribution in [-0.4, -0.2) is 17.3 Å². The Labute approximate surface area is 132 Å². The Kier molecular flexibility index (Phi) is 4.16. The summed E-state index contributed by atoms with van der Waals surface area (Å²) in [4.78, 5) is 0. The first kappa shape index (κ1) is 14.3. The molecule has 0 aliphatic carbocycles. The number of benzene rings is 2. The number of hydrogen-bond acceptors (Lipinski definition) is 5. The zero-order valence-corrected chi connectivity index (χ0v) is 12.9. The summed E-state index contributed by atoms with van der Waals surface area (Å²) >= 11 is 1.37. The van der Waals surface area contributed by atoms with Gasteiger partial charge in [-0.1, -0.05) is 59.9 Å². The number of anilines is 1. The SMILES string of the molecule is COc1ccccc1/C=C(\c1ccccc1)c1nnc(N)s1. The van der Waals surface area contributed by atoms with Gasteiger partial charge in [-0.05, 0) is 17.7 Å².